The Hall–Kier alpha value is -2.92. The number of benzene rings is 1. The minimum atomic E-state index is -0.485. The van der Waals surface area contributed by atoms with Crippen molar-refractivity contribution in [2.24, 2.45) is 5.92 Å². The van der Waals surface area contributed by atoms with Gasteiger partial charge in [-0.15, -0.1) is 11.3 Å². The number of nitro benzene ring substituents is 1. The SMILES string of the molecule is C[C@@H]1CCc2c(sc(NC(=O)CNc3cccc([N+](=O)[O-])c3)c2C#N)C1. The summed E-state index contributed by atoms with van der Waals surface area (Å²) in [5.41, 5.74) is 2.09. The number of nitro groups is 1. The molecular weight excluding hydrogens is 352 g/mol. The Labute approximate surface area is 154 Å². The molecule has 8 heteroatoms. The fraction of sp³-hybridized carbons (Fsp3) is 0.333. The molecule has 1 aromatic heterocycles. The van der Waals surface area contributed by atoms with Crippen molar-refractivity contribution in [2.45, 2.75) is 26.2 Å². The van der Waals surface area contributed by atoms with E-state index in [1.807, 2.05) is 0 Å². The van der Waals surface area contributed by atoms with Crippen molar-refractivity contribution in [2.75, 3.05) is 17.2 Å². The van der Waals surface area contributed by atoms with E-state index in [4.69, 9.17) is 0 Å². The van der Waals surface area contributed by atoms with Gasteiger partial charge in [0.05, 0.1) is 17.0 Å². The van der Waals surface area contributed by atoms with Crippen LogP contribution in [0.25, 0.3) is 0 Å². The molecule has 1 atom stereocenters. The summed E-state index contributed by atoms with van der Waals surface area (Å²) in [7, 11) is 0. The van der Waals surface area contributed by atoms with Crippen LogP contribution in [0.1, 0.15) is 29.3 Å². The predicted molar refractivity (Wildman–Crippen MR) is 100 cm³/mol. The molecule has 7 nitrogen and oxygen atoms in total. The topological polar surface area (TPSA) is 108 Å². The average molecular weight is 370 g/mol. The van der Waals surface area contributed by atoms with Crippen molar-refractivity contribution in [3.8, 4) is 6.07 Å². The summed E-state index contributed by atoms with van der Waals surface area (Å²) in [4.78, 5) is 23.7. The zero-order valence-electron chi connectivity index (χ0n) is 14.2. The second-order valence-corrected chi connectivity index (χ2v) is 7.48. The van der Waals surface area contributed by atoms with Gasteiger partial charge in [-0.05, 0) is 36.8 Å². The van der Waals surface area contributed by atoms with E-state index < -0.39 is 4.92 Å². The Balaban J connectivity index is 1.66. The summed E-state index contributed by atoms with van der Waals surface area (Å²) in [6.45, 7) is 2.15. The first-order chi connectivity index (χ1) is 12.5. The number of hydrogen-bond donors (Lipinski definition) is 2. The maximum Gasteiger partial charge on any atom is 0.271 e. The van der Waals surface area contributed by atoms with E-state index in [0.717, 1.165) is 24.8 Å². The first-order valence-corrected chi connectivity index (χ1v) is 9.12. The number of nitrogens with zero attached hydrogens (tertiary/aromatic N) is 2. The highest BCUT2D eigenvalue weighted by atomic mass is 32.1. The number of fused-ring (bicyclic) bond motifs is 1. The van der Waals surface area contributed by atoms with Crippen LogP contribution in [-0.4, -0.2) is 17.4 Å². The fourth-order valence-corrected chi connectivity index (χ4v) is 4.42. The van der Waals surface area contributed by atoms with Crippen molar-refractivity contribution in [3.05, 3.63) is 50.4 Å². The van der Waals surface area contributed by atoms with Crippen LogP contribution in [0.5, 0.6) is 0 Å². The first kappa shape index (κ1) is 17.9. The van der Waals surface area contributed by atoms with Crippen molar-refractivity contribution in [1.29, 1.82) is 5.26 Å². The number of hydrogen-bond acceptors (Lipinski definition) is 6. The molecule has 3 rings (SSSR count). The molecule has 0 saturated carbocycles. The van der Waals surface area contributed by atoms with E-state index in [9.17, 15) is 20.2 Å². The summed E-state index contributed by atoms with van der Waals surface area (Å²) >= 11 is 1.48. The quantitative estimate of drug-likeness (QED) is 0.616. The van der Waals surface area contributed by atoms with E-state index in [-0.39, 0.29) is 18.1 Å². The van der Waals surface area contributed by atoms with Crippen molar-refractivity contribution >= 4 is 33.6 Å². The molecular formula is C18H18N4O3S. The van der Waals surface area contributed by atoms with Gasteiger partial charge in [0.1, 0.15) is 11.1 Å². The number of nitriles is 1. The molecule has 2 N–H and O–H groups in total. The lowest BCUT2D eigenvalue weighted by molar-refractivity contribution is -0.384. The average Bonchev–Trinajstić information content (AvgIpc) is 2.96. The minimum Gasteiger partial charge on any atom is -0.376 e. The highest BCUT2D eigenvalue weighted by Crippen LogP contribution is 2.39. The standard InChI is InChI=1S/C18H18N4O3S/c1-11-5-6-14-15(9-19)18(26-16(14)7-11)21-17(23)10-20-12-3-2-4-13(8-12)22(24)25/h2-4,8,11,20H,5-7,10H2,1H3,(H,21,23)/t11-/m1/s1. The zero-order chi connectivity index (χ0) is 18.7. The van der Waals surface area contributed by atoms with Crippen molar-refractivity contribution < 1.29 is 9.72 Å². The molecule has 0 bridgehead atoms. The highest BCUT2D eigenvalue weighted by Gasteiger charge is 2.24. The maximum atomic E-state index is 12.2. The second kappa shape index (κ2) is 7.54. The van der Waals surface area contributed by atoms with Crippen LogP contribution in [0.15, 0.2) is 24.3 Å². The van der Waals surface area contributed by atoms with Crippen LogP contribution in [-0.2, 0) is 17.6 Å². The Morgan fingerprint density at radius 2 is 2.31 bits per heavy atom. The molecule has 26 heavy (non-hydrogen) atoms. The Morgan fingerprint density at radius 3 is 3.04 bits per heavy atom. The lowest BCUT2D eigenvalue weighted by Gasteiger charge is -2.17. The third-order valence-corrected chi connectivity index (χ3v) is 5.56. The molecule has 0 unspecified atom stereocenters. The molecule has 2 aromatic rings. The van der Waals surface area contributed by atoms with Crippen molar-refractivity contribution in [3.63, 3.8) is 0 Å². The number of anilines is 2. The number of carbonyl (C=O) groups is 1. The number of carbonyl (C=O) groups excluding carboxylic acids is 1. The van der Waals surface area contributed by atoms with Gasteiger partial charge < -0.3 is 10.6 Å². The van der Waals surface area contributed by atoms with Gasteiger partial charge in [-0.1, -0.05) is 13.0 Å². The molecule has 0 aliphatic heterocycles. The van der Waals surface area contributed by atoms with E-state index in [2.05, 4.69) is 23.6 Å². The molecule has 0 radical (unpaired) electrons. The number of amides is 1. The second-order valence-electron chi connectivity index (χ2n) is 6.38. The summed E-state index contributed by atoms with van der Waals surface area (Å²) in [5, 5.41) is 26.5. The van der Waals surface area contributed by atoms with Crippen LogP contribution in [0.2, 0.25) is 0 Å². The van der Waals surface area contributed by atoms with Crippen LogP contribution in [0, 0.1) is 27.4 Å². The van der Waals surface area contributed by atoms with Gasteiger partial charge in [-0.25, -0.2) is 0 Å². The monoisotopic (exact) mass is 370 g/mol. The van der Waals surface area contributed by atoms with E-state index in [1.165, 1.54) is 28.3 Å². The minimum absolute atomic E-state index is 0.0367. The van der Waals surface area contributed by atoms with Gasteiger partial charge in [0, 0.05) is 22.7 Å². The van der Waals surface area contributed by atoms with Gasteiger partial charge in [-0.2, -0.15) is 5.26 Å². The lowest BCUT2D eigenvalue weighted by Crippen LogP contribution is -2.21. The van der Waals surface area contributed by atoms with Gasteiger partial charge in [-0.3, -0.25) is 14.9 Å². The van der Waals surface area contributed by atoms with Gasteiger partial charge in [0.15, 0.2) is 0 Å². The normalized spacial score (nSPS) is 15.6. The van der Waals surface area contributed by atoms with Gasteiger partial charge in [0.2, 0.25) is 5.91 Å². The van der Waals surface area contributed by atoms with Crippen LogP contribution >= 0.6 is 11.3 Å². The van der Waals surface area contributed by atoms with E-state index >= 15 is 0 Å². The molecule has 1 aliphatic rings. The lowest BCUT2D eigenvalue weighted by atomic mass is 9.89. The van der Waals surface area contributed by atoms with Crippen LogP contribution < -0.4 is 10.6 Å². The molecule has 1 heterocycles. The molecule has 1 aliphatic carbocycles. The van der Waals surface area contributed by atoms with Gasteiger partial charge >= 0.3 is 0 Å². The molecule has 1 amide bonds. The summed E-state index contributed by atoms with van der Waals surface area (Å²) in [6.07, 6.45) is 2.87. The molecule has 0 spiro atoms. The molecule has 0 saturated heterocycles. The zero-order valence-corrected chi connectivity index (χ0v) is 15.1. The van der Waals surface area contributed by atoms with Crippen LogP contribution in [0.4, 0.5) is 16.4 Å². The molecule has 0 fully saturated rings. The largest absolute Gasteiger partial charge is 0.376 e. The highest BCUT2D eigenvalue weighted by molar-refractivity contribution is 7.16. The summed E-state index contributed by atoms with van der Waals surface area (Å²) in [5.74, 6) is 0.298. The maximum absolute atomic E-state index is 12.2. The smallest absolute Gasteiger partial charge is 0.271 e. The van der Waals surface area contributed by atoms with E-state index in [1.54, 1.807) is 12.1 Å². The first-order valence-electron chi connectivity index (χ1n) is 8.30. The summed E-state index contributed by atoms with van der Waals surface area (Å²) in [6, 6.07) is 8.20. The number of rotatable bonds is 5. The van der Waals surface area contributed by atoms with Crippen molar-refractivity contribution in [1.82, 2.24) is 0 Å². The Kier molecular flexibility index (Phi) is 5.19. The van der Waals surface area contributed by atoms with Gasteiger partial charge in [0.25, 0.3) is 5.69 Å². The summed E-state index contributed by atoms with van der Waals surface area (Å²) < 4.78 is 0. The number of non-ortho nitro benzene ring substituents is 1. The van der Waals surface area contributed by atoms with E-state index in [0.29, 0.717) is 22.2 Å². The predicted octanol–water partition coefficient (Wildman–Crippen LogP) is 3.70. The number of thiophene rings is 1. The van der Waals surface area contributed by atoms with Crippen LogP contribution in [0.3, 0.4) is 0 Å². The molecule has 134 valence electrons. The Morgan fingerprint density at radius 1 is 1.50 bits per heavy atom. The molecule has 1 aromatic carbocycles. The number of nitrogens with one attached hydrogen (secondary N) is 2. The Bertz CT molecular complexity index is 900. The third-order valence-electron chi connectivity index (χ3n) is 4.39. The fourth-order valence-electron chi connectivity index (χ4n) is 3.04. The third kappa shape index (κ3) is 3.83.